The van der Waals surface area contributed by atoms with Crippen LogP contribution in [-0.4, -0.2) is 25.5 Å². The maximum absolute atomic E-state index is 12.1. The maximum Gasteiger partial charge on any atom is 0.242 e. The highest BCUT2D eigenvalue weighted by atomic mass is 32.2. The summed E-state index contributed by atoms with van der Waals surface area (Å²) < 4.78 is 31.8. The number of nitrogens with one attached hydrogen (secondary N) is 3. The quantitative estimate of drug-likeness (QED) is 0.640. The Hall–Kier alpha value is -2.39. The van der Waals surface area contributed by atoms with Gasteiger partial charge in [-0.15, -0.1) is 0 Å². The third-order valence-corrected chi connectivity index (χ3v) is 5.46. The number of hydrogen-bond donors (Lipinski definition) is 3. The van der Waals surface area contributed by atoms with Gasteiger partial charge in [0.1, 0.15) is 5.76 Å². The summed E-state index contributed by atoms with van der Waals surface area (Å²) >= 11 is 0. The lowest BCUT2D eigenvalue weighted by Gasteiger charge is -2.10. The van der Waals surface area contributed by atoms with Crippen molar-refractivity contribution in [2.24, 2.45) is 0 Å². The summed E-state index contributed by atoms with van der Waals surface area (Å²) in [6.07, 6.45) is 1.91. The van der Waals surface area contributed by atoms with Gasteiger partial charge < -0.3 is 4.52 Å². The van der Waals surface area contributed by atoms with Crippen molar-refractivity contribution < 1.29 is 17.7 Å². The summed E-state index contributed by atoms with van der Waals surface area (Å²) in [7, 11) is -3.47. The number of aryl methyl sites for hydroxylation is 2. The highest BCUT2D eigenvalue weighted by molar-refractivity contribution is 7.89. The summed E-state index contributed by atoms with van der Waals surface area (Å²) in [6, 6.07) is 6.24. The van der Waals surface area contributed by atoms with Crippen molar-refractivity contribution in [1.82, 2.24) is 15.3 Å². The van der Waals surface area contributed by atoms with Crippen molar-refractivity contribution in [2.45, 2.75) is 44.0 Å². The Labute approximate surface area is 146 Å². The topological polar surface area (TPSA) is 113 Å². The summed E-state index contributed by atoms with van der Waals surface area (Å²) in [5.41, 5.74) is 7.35. The number of aromatic nitrogens is 1. The first kappa shape index (κ1) is 17.4. The zero-order chi connectivity index (χ0) is 18.0. The minimum Gasteiger partial charge on any atom is -0.361 e. The molecule has 1 heterocycles. The molecule has 3 N–H and O–H groups in total. The van der Waals surface area contributed by atoms with Crippen LogP contribution >= 0.6 is 0 Å². The Balaban J connectivity index is 1.55. The number of nitrogens with zero attached hydrogens (tertiary/aromatic N) is 1. The molecular weight excluding hydrogens is 344 g/mol. The van der Waals surface area contributed by atoms with E-state index in [1.807, 2.05) is 0 Å². The third kappa shape index (κ3) is 4.37. The Bertz CT molecular complexity index is 851. The fourth-order valence-electron chi connectivity index (χ4n) is 2.31. The van der Waals surface area contributed by atoms with E-state index >= 15 is 0 Å². The normalized spacial score (nSPS) is 14.3. The molecule has 1 aromatic heterocycles. The molecule has 0 unspecified atom stereocenters. The lowest BCUT2D eigenvalue weighted by molar-refractivity contribution is -0.120. The van der Waals surface area contributed by atoms with Crippen LogP contribution in [0.5, 0.6) is 0 Å². The Kier molecular flexibility index (Phi) is 4.78. The minimum absolute atomic E-state index is 0.0615. The number of hydrogen-bond acceptors (Lipinski definition) is 6. The largest absolute Gasteiger partial charge is 0.361 e. The zero-order valence-electron chi connectivity index (χ0n) is 14.0. The van der Waals surface area contributed by atoms with E-state index < -0.39 is 10.0 Å². The van der Waals surface area contributed by atoms with Crippen molar-refractivity contribution in [3.05, 3.63) is 41.3 Å². The average Bonchev–Trinajstić information content (AvgIpc) is 3.33. The predicted molar refractivity (Wildman–Crippen MR) is 91.2 cm³/mol. The molecule has 3 rings (SSSR count). The highest BCUT2D eigenvalue weighted by Gasteiger charge is 2.27. The van der Waals surface area contributed by atoms with Crippen molar-refractivity contribution in [1.29, 1.82) is 0 Å². The molecule has 1 aliphatic rings. The molecule has 1 aromatic carbocycles. The van der Waals surface area contributed by atoms with E-state index in [1.165, 1.54) is 12.1 Å². The highest BCUT2D eigenvalue weighted by Crippen LogP contribution is 2.22. The number of amides is 1. The second-order valence-electron chi connectivity index (χ2n) is 6.07. The molecule has 1 amide bonds. The second-order valence-corrected chi connectivity index (χ2v) is 7.79. The van der Waals surface area contributed by atoms with Crippen molar-refractivity contribution >= 4 is 21.6 Å². The molecular formula is C16H20N4O4S. The monoisotopic (exact) mass is 364 g/mol. The molecule has 0 atom stereocenters. The van der Waals surface area contributed by atoms with Gasteiger partial charge in [0.2, 0.25) is 15.9 Å². The number of carbonyl (C=O) groups excluding carboxylic acids is 1. The lowest BCUT2D eigenvalue weighted by Crippen LogP contribution is -2.31. The van der Waals surface area contributed by atoms with Crippen molar-refractivity contribution in [3.63, 3.8) is 0 Å². The summed E-state index contributed by atoms with van der Waals surface area (Å²) in [5, 5.41) is 3.81. The molecule has 2 aromatic rings. The number of benzene rings is 1. The van der Waals surface area contributed by atoms with Crippen molar-refractivity contribution in [2.75, 3.05) is 5.43 Å². The number of anilines is 1. The van der Waals surface area contributed by atoms with Crippen LogP contribution in [-0.2, 0) is 21.2 Å². The molecule has 134 valence electrons. The van der Waals surface area contributed by atoms with Crippen LogP contribution in [0.25, 0.3) is 0 Å². The molecule has 0 saturated heterocycles. The number of sulfonamides is 1. The molecule has 0 radical (unpaired) electrons. The lowest BCUT2D eigenvalue weighted by atomic mass is 10.1. The minimum atomic E-state index is -3.47. The molecule has 25 heavy (non-hydrogen) atoms. The summed E-state index contributed by atoms with van der Waals surface area (Å²) in [6.45, 7) is 3.53. The van der Waals surface area contributed by atoms with Gasteiger partial charge in [-0.25, -0.2) is 13.1 Å². The van der Waals surface area contributed by atoms with Crippen LogP contribution in [0, 0.1) is 13.8 Å². The Morgan fingerprint density at radius 2 is 1.92 bits per heavy atom. The fourth-order valence-corrected chi connectivity index (χ4v) is 3.61. The van der Waals surface area contributed by atoms with Gasteiger partial charge in [-0.05, 0) is 51.0 Å². The van der Waals surface area contributed by atoms with E-state index in [1.54, 1.807) is 26.0 Å². The molecule has 1 aliphatic carbocycles. The van der Waals surface area contributed by atoms with E-state index in [-0.39, 0.29) is 23.3 Å². The van der Waals surface area contributed by atoms with Gasteiger partial charge in [-0.1, -0.05) is 5.16 Å². The SMILES string of the molecule is Cc1noc(C)c1CC(=O)NNc1ccc(S(=O)(=O)NC2CC2)cc1. The first-order valence-corrected chi connectivity index (χ1v) is 9.42. The smallest absolute Gasteiger partial charge is 0.242 e. The first-order valence-electron chi connectivity index (χ1n) is 7.94. The second kappa shape index (κ2) is 6.85. The third-order valence-electron chi connectivity index (χ3n) is 3.93. The van der Waals surface area contributed by atoms with E-state index in [2.05, 4.69) is 20.7 Å². The van der Waals surface area contributed by atoms with Gasteiger partial charge in [0.15, 0.2) is 0 Å². The first-order chi connectivity index (χ1) is 11.8. The fraction of sp³-hybridized carbons (Fsp3) is 0.375. The summed E-state index contributed by atoms with van der Waals surface area (Å²) in [4.78, 5) is 12.2. The molecule has 0 aliphatic heterocycles. The number of carbonyl (C=O) groups is 1. The molecule has 1 saturated carbocycles. The van der Waals surface area contributed by atoms with Gasteiger partial charge >= 0.3 is 0 Å². The van der Waals surface area contributed by atoms with E-state index in [0.29, 0.717) is 17.1 Å². The van der Waals surface area contributed by atoms with Crippen LogP contribution in [0.1, 0.15) is 29.9 Å². The van der Waals surface area contributed by atoms with Gasteiger partial charge in [0.25, 0.3) is 0 Å². The van der Waals surface area contributed by atoms with E-state index in [4.69, 9.17) is 4.52 Å². The predicted octanol–water partition coefficient (Wildman–Crippen LogP) is 1.42. The Morgan fingerprint density at radius 3 is 2.48 bits per heavy atom. The van der Waals surface area contributed by atoms with Crippen LogP contribution < -0.4 is 15.6 Å². The molecule has 0 spiro atoms. The van der Waals surface area contributed by atoms with Gasteiger partial charge in [0.05, 0.1) is 22.7 Å². The van der Waals surface area contributed by atoms with Crippen LogP contribution in [0.4, 0.5) is 5.69 Å². The van der Waals surface area contributed by atoms with Crippen LogP contribution in [0.3, 0.4) is 0 Å². The standard InChI is InChI=1S/C16H20N4O4S/c1-10-15(11(2)24-19-10)9-16(21)18-17-12-5-7-14(8-6-12)25(22,23)20-13-3-4-13/h5-8,13,17,20H,3-4,9H2,1-2H3,(H,18,21). The van der Waals surface area contributed by atoms with Gasteiger partial charge in [-0.2, -0.15) is 0 Å². The molecule has 0 bridgehead atoms. The number of hydrazine groups is 1. The molecule has 9 heteroatoms. The number of rotatable bonds is 7. The zero-order valence-corrected chi connectivity index (χ0v) is 14.8. The summed E-state index contributed by atoms with van der Waals surface area (Å²) in [5.74, 6) is 0.367. The van der Waals surface area contributed by atoms with Gasteiger partial charge in [0, 0.05) is 11.6 Å². The molecule has 8 nitrogen and oxygen atoms in total. The van der Waals surface area contributed by atoms with Crippen LogP contribution in [0.2, 0.25) is 0 Å². The van der Waals surface area contributed by atoms with E-state index in [9.17, 15) is 13.2 Å². The molecule has 1 fully saturated rings. The van der Waals surface area contributed by atoms with Crippen molar-refractivity contribution in [3.8, 4) is 0 Å². The van der Waals surface area contributed by atoms with E-state index in [0.717, 1.165) is 18.4 Å². The van der Waals surface area contributed by atoms with Gasteiger partial charge in [-0.3, -0.25) is 15.6 Å². The van der Waals surface area contributed by atoms with Crippen LogP contribution in [0.15, 0.2) is 33.7 Å². The Morgan fingerprint density at radius 1 is 1.24 bits per heavy atom. The average molecular weight is 364 g/mol. The maximum atomic E-state index is 12.1.